The quantitative estimate of drug-likeness (QED) is 0.532. The van der Waals surface area contributed by atoms with E-state index in [0.29, 0.717) is 0 Å². The molecule has 0 aliphatic heterocycles. The second-order valence-electron chi connectivity index (χ2n) is 3.11. The van der Waals surface area contributed by atoms with Crippen LogP contribution in [0.25, 0.3) is 0 Å². The van der Waals surface area contributed by atoms with Gasteiger partial charge in [0.25, 0.3) is 0 Å². The van der Waals surface area contributed by atoms with Gasteiger partial charge in [-0.3, -0.25) is 0 Å². The van der Waals surface area contributed by atoms with E-state index in [9.17, 15) is 9.90 Å². The van der Waals surface area contributed by atoms with Crippen molar-refractivity contribution in [1.29, 1.82) is 0 Å². The third-order valence-corrected chi connectivity index (χ3v) is 4.82. The van der Waals surface area contributed by atoms with Crippen molar-refractivity contribution >= 4 is 14.8 Å². The summed E-state index contributed by atoms with van der Waals surface area (Å²) < 4.78 is 15.5. The lowest BCUT2D eigenvalue weighted by Gasteiger charge is -2.23. The average molecular weight is 249 g/mol. The van der Waals surface area contributed by atoms with Gasteiger partial charge in [-0.2, -0.15) is 0 Å². The van der Waals surface area contributed by atoms with E-state index in [0.717, 1.165) is 12.5 Å². The van der Waals surface area contributed by atoms with Crippen molar-refractivity contribution < 1.29 is 23.2 Å². The number of carbonyl (C=O) groups is 1. The van der Waals surface area contributed by atoms with E-state index in [1.165, 1.54) is 6.92 Å². The fourth-order valence-corrected chi connectivity index (χ4v) is 2.59. The van der Waals surface area contributed by atoms with Gasteiger partial charge < -0.3 is 13.3 Å². The summed E-state index contributed by atoms with van der Waals surface area (Å²) in [6.07, 6.45) is 1.03. The van der Waals surface area contributed by atoms with Crippen LogP contribution in [0.5, 0.6) is 0 Å². The van der Waals surface area contributed by atoms with Crippen molar-refractivity contribution in [2.45, 2.75) is 26.3 Å². The fourth-order valence-electron chi connectivity index (χ4n) is 0.862. The zero-order valence-corrected chi connectivity index (χ0v) is 11.7. The van der Waals surface area contributed by atoms with Crippen molar-refractivity contribution in [2.24, 2.45) is 0 Å². The molecule has 0 aromatic carbocycles. The van der Waals surface area contributed by atoms with E-state index in [-0.39, 0.29) is 5.57 Å². The minimum absolute atomic E-state index is 0.0648. The molecular weight excluding hydrogens is 228 g/mol. The Morgan fingerprint density at radius 1 is 1.19 bits per heavy atom. The van der Waals surface area contributed by atoms with Crippen LogP contribution in [-0.2, 0) is 23.2 Å². The minimum Gasteiger partial charge on any atom is -0.377 e. The van der Waals surface area contributed by atoms with Crippen molar-refractivity contribution in [3.8, 4) is 0 Å². The molecule has 0 fully saturated rings. The zero-order chi connectivity index (χ0) is 13.2. The Hall–Kier alpha value is -0.693. The van der Waals surface area contributed by atoms with Crippen molar-refractivity contribution in [2.75, 3.05) is 21.3 Å². The van der Waals surface area contributed by atoms with Gasteiger partial charge in [0.05, 0.1) is 0 Å². The lowest BCUT2D eigenvalue weighted by Crippen LogP contribution is -2.42. The summed E-state index contributed by atoms with van der Waals surface area (Å²) in [5, 5.41) is 9.49. The van der Waals surface area contributed by atoms with Crippen molar-refractivity contribution in [3.63, 3.8) is 0 Å². The Morgan fingerprint density at radius 2 is 1.50 bits per heavy atom. The molecule has 0 atom stereocenters. The van der Waals surface area contributed by atoms with Gasteiger partial charge in [-0.05, 0) is 6.92 Å². The molecule has 1 radical (unpaired) electrons. The normalized spacial score (nSPS) is 10.3. The van der Waals surface area contributed by atoms with Crippen LogP contribution in [0.3, 0.4) is 0 Å². The highest BCUT2D eigenvalue weighted by atomic mass is 28.4. The number of carbonyl (C=O) groups excluding carboxylic acids is 1. The van der Waals surface area contributed by atoms with Gasteiger partial charge in [-0.15, -0.1) is 0 Å². The van der Waals surface area contributed by atoms with Gasteiger partial charge in [-0.25, -0.2) is 9.90 Å². The number of hydrogen-bond donors (Lipinski definition) is 0. The molecule has 95 valence electrons. The van der Waals surface area contributed by atoms with E-state index in [2.05, 4.69) is 13.5 Å². The van der Waals surface area contributed by atoms with Gasteiger partial charge in [0.2, 0.25) is 0 Å². The molecule has 0 aromatic rings. The minimum atomic E-state index is -2.22. The van der Waals surface area contributed by atoms with Crippen LogP contribution in [0.1, 0.15) is 20.3 Å². The first-order valence-corrected chi connectivity index (χ1v) is 6.84. The maximum atomic E-state index is 9.49. The standard InChI is InChI=1S/C6H16O3Si.C4H5O2/c1-5-6-10(7-2,8-3)9-4;1-3(2)4(5)6/h5-6H2,1-4H3;1H2,2H3. The predicted octanol–water partition coefficient (Wildman–Crippen LogP) is 1.79. The first-order valence-electron chi connectivity index (χ1n) is 4.91. The largest absolute Gasteiger partial charge is 0.500 e. The lowest BCUT2D eigenvalue weighted by atomic mass is 10.4. The Balaban J connectivity index is 0. The maximum absolute atomic E-state index is 9.49. The Morgan fingerprint density at radius 3 is 1.56 bits per heavy atom. The van der Waals surface area contributed by atoms with Gasteiger partial charge in [0, 0.05) is 32.9 Å². The zero-order valence-electron chi connectivity index (χ0n) is 10.7. The second-order valence-corrected chi connectivity index (χ2v) is 6.20. The van der Waals surface area contributed by atoms with Crippen LogP contribution < -0.4 is 0 Å². The summed E-state index contributed by atoms with van der Waals surface area (Å²) in [7, 11) is 2.68. The monoisotopic (exact) mass is 249 g/mol. The summed E-state index contributed by atoms with van der Waals surface area (Å²) in [5.41, 5.74) is 0.0648. The molecule has 6 heteroatoms. The summed E-state index contributed by atoms with van der Waals surface area (Å²) in [5.74, 6) is -1.19. The molecule has 0 aromatic heterocycles. The molecule has 0 saturated heterocycles. The lowest BCUT2D eigenvalue weighted by molar-refractivity contribution is -0.138. The topological polar surface area (TPSA) is 64.7 Å². The fraction of sp³-hybridized carbons (Fsp3) is 0.700. The van der Waals surface area contributed by atoms with Gasteiger partial charge in [-0.1, -0.05) is 19.9 Å². The van der Waals surface area contributed by atoms with E-state index < -0.39 is 14.8 Å². The van der Waals surface area contributed by atoms with Crippen molar-refractivity contribution in [1.82, 2.24) is 0 Å². The summed E-state index contributed by atoms with van der Waals surface area (Å²) in [4.78, 5) is 9.49. The number of hydrogen-bond acceptors (Lipinski definition) is 4. The van der Waals surface area contributed by atoms with Crippen LogP contribution in [-0.4, -0.2) is 36.1 Å². The molecule has 5 nitrogen and oxygen atoms in total. The molecular formula is C10H21O5Si. The molecule has 0 saturated carbocycles. The van der Waals surface area contributed by atoms with E-state index in [1.807, 2.05) is 0 Å². The van der Waals surface area contributed by atoms with Crippen molar-refractivity contribution in [3.05, 3.63) is 12.2 Å². The molecule has 0 rings (SSSR count). The SMILES string of the molecule is C=C(C)C([O])=O.CCC[Si](OC)(OC)OC. The summed E-state index contributed by atoms with van der Waals surface area (Å²) in [6, 6.07) is 0.885. The Kier molecular flexibility index (Phi) is 10.5. The highest BCUT2D eigenvalue weighted by Crippen LogP contribution is 2.13. The second kappa shape index (κ2) is 9.53. The third-order valence-electron chi connectivity index (χ3n) is 1.84. The molecule has 0 aliphatic carbocycles. The first-order chi connectivity index (χ1) is 7.39. The summed E-state index contributed by atoms with van der Waals surface area (Å²) in [6.45, 7) is 6.56. The smallest absolute Gasteiger partial charge is 0.377 e. The molecule has 0 N–H and O–H groups in total. The van der Waals surface area contributed by atoms with Crippen LogP contribution in [0.2, 0.25) is 6.04 Å². The summed E-state index contributed by atoms with van der Waals surface area (Å²) >= 11 is 0. The molecule has 0 bridgehead atoms. The molecule has 0 spiro atoms. The predicted molar refractivity (Wildman–Crippen MR) is 62.4 cm³/mol. The highest BCUT2D eigenvalue weighted by molar-refractivity contribution is 6.60. The Bertz CT molecular complexity index is 193. The highest BCUT2D eigenvalue weighted by Gasteiger charge is 2.36. The van der Waals surface area contributed by atoms with Crippen LogP contribution in [0, 0.1) is 0 Å². The van der Waals surface area contributed by atoms with E-state index in [4.69, 9.17) is 13.3 Å². The molecule has 0 amide bonds. The third kappa shape index (κ3) is 7.58. The van der Waals surface area contributed by atoms with Crippen LogP contribution in [0.4, 0.5) is 0 Å². The van der Waals surface area contributed by atoms with Crippen LogP contribution >= 0.6 is 0 Å². The molecule has 16 heavy (non-hydrogen) atoms. The average Bonchev–Trinajstić information content (AvgIpc) is 2.27. The number of rotatable bonds is 6. The van der Waals surface area contributed by atoms with E-state index in [1.54, 1.807) is 21.3 Å². The van der Waals surface area contributed by atoms with Gasteiger partial charge >= 0.3 is 14.8 Å². The van der Waals surface area contributed by atoms with Gasteiger partial charge in [0.1, 0.15) is 0 Å². The van der Waals surface area contributed by atoms with Gasteiger partial charge in [0.15, 0.2) is 0 Å². The van der Waals surface area contributed by atoms with E-state index >= 15 is 0 Å². The Labute approximate surface area is 98.4 Å². The molecule has 0 heterocycles. The van der Waals surface area contributed by atoms with Crippen LogP contribution in [0.15, 0.2) is 12.2 Å². The molecule has 0 aliphatic rings. The maximum Gasteiger partial charge on any atom is 0.500 e. The molecule has 0 unspecified atom stereocenters. The first kappa shape index (κ1) is 17.7.